The zero-order chi connectivity index (χ0) is 20.6. The van der Waals surface area contributed by atoms with E-state index < -0.39 is 0 Å². The number of allylic oxidation sites excluding steroid dienone is 2. The van der Waals surface area contributed by atoms with E-state index in [-0.39, 0.29) is 41.7 Å². The van der Waals surface area contributed by atoms with Crippen LogP contribution in [0.1, 0.15) is 69.3 Å². The molecule has 2 aliphatic rings. The number of rotatable bonds is 6. The number of phenols is 1. The Kier molecular flexibility index (Phi) is 5.97. The molecule has 0 bridgehead atoms. The molecular weight excluding hydrogens is 352 g/mol. The van der Waals surface area contributed by atoms with Crippen molar-refractivity contribution < 1.29 is 19.4 Å². The lowest BCUT2D eigenvalue weighted by Gasteiger charge is -2.38. The van der Waals surface area contributed by atoms with Crippen LogP contribution in [0.5, 0.6) is 5.75 Å². The smallest absolute Gasteiger partial charge is 0.197 e. The van der Waals surface area contributed by atoms with E-state index >= 15 is 0 Å². The summed E-state index contributed by atoms with van der Waals surface area (Å²) in [5, 5.41) is 10.2. The summed E-state index contributed by atoms with van der Waals surface area (Å²) in [6.45, 7) is 10.1. The van der Waals surface area contributed by atoms with E-state index in [1.165, 1.54) is 0 Å². The highest BCUT2D eigenvalue weighted by Gasteiger charge is 2.46. The van der Waals surface area contributed by atoms with E-state index in [0.717, 1.165) is 24.0 Å². The van der Waals surface area contributed by atoms with Crippen LogP contribution in [0.3, 0.4) is 0 Å². The Balaban J connectivity index is 1.89. The summed E-state index contributed by atoms with van der Waals surface area (Å²) in [7, 11) is 0. The number of phenolic OH excluding ortho intramolecular Hbond substituents is 1. The SMILES string of the molecule is CC1=C(C(=O)CC(C)C)OC(CC(=O)c2c(C)cccc2O)C2C(C)CCC12. The molecule has 4 unspecified atom stereocenters. The Morgan fingerprint density at radius 3 is 2.54 bits per heavy atom. The van der Waals surface area contributed by atoms with Crippen molar-refractivity contribution in [3.8, 4) is 5.75 Å². The van der Waals surface area contributed by atoms with Crippen LogP contribution < -0.4 is 0 Å². The maximum atomic E-state index is 13.0. The predicted molar refractivity (Wildman–Crippen MR) is 109 cm³/mol. The largest absolute Gasteiger partial charge is 0.507 e. The highest BCUT2D eigenvalue weighted by Crippen LogP contribution is 2.49. The van der Waals surface area contributed by atoms with Crippen molar-refractivity contribution in [2.24, 2.45) is 23.7 Å². The van der Waals surface area contributed by atoms with Crippen molar-refractivity contribution in [2.75, 3.05) is 0 Å². The molecule has 152 valence electrons. The van der Waals surface area contributed by atoms with Gasteiger partial charge in [0.05, 0.1) is 5.56 Å². The molecule has 0 aromatic heterocycles. The first-order valence-corrected chi connectivity index (χ1v) is 10.4. The van der Waals surface area contributed by atoms with Crippen molar-refractivity contribution in [2.45, 2.75) is 66.4 Å². The molecule has 4 heteroatoms. The second-order valence-electron chi connectivity index (χ2n) is 9.02. The molecule has 1 aromatic carbocycles. The Hall–Kier alpha value is -2.10. The third-order valence-electron chi connectivity index (χ3n) is 6.43. The molecule has 0 spiro atoms. The number of aromatic hydroxyl groups is 1. The lowest BCUT2D eigenvalue weighted by molar-refractivity contribution is -0.123. The van der Waals surface area contributed by atoms with Gasteiger partial charge in [-0.3, -0.25) is 9.59 Å². The predicted octanol–water partition coefficient (Wildman–Crippen LogP) is 5.22. The summed E-state index contributed by atoms with van der Waals surface area (Å²) >= 11 is 0. The number of benzene rings is 1. The van der Waals surface area contributed by atoms with Gasteiger partial charge in [-0.2, -0.15) is 0 Å². The zero-order valence-corrected chi connectivity index (χ0v) is 17.6. The van der Waals surface area contributed by atoms with Crippen LogP contribution in [0.4, 0.5) is 0 Å². The van der Waals surface area contributed by atoms with E-state index in [2.05, 4.69) is 6.92 Å². The Morgan fingerprint density at radius 2 is 1.89 bits per heavy atom. The van der Waals surface area contributed by atoms with Crippen molar-refractivity contribution in [1.29, 1.82) is 0 Å². The van der Waals surface area contributed by atoms with E-state index in [4.69, 9.17) is 4.74 Å². The molecule has 4 atom stereocenters. The van der Waals surface area contributed by atoms with Gasteiger partial charge in [0.2, 0.25) is 0 Å². The van der Waals surface area contributed by atoms with E-state index in [0.29, 0.717) is 29.6 Å². The van der Waals surface area contributed by atoms with E-state index in [1.54, 1.807) is 12.1 Å². The topological polar surface area (TPSA) is 63.6 Å². The van der Waals surface area contributed by atoms with Crippen molar-refractivity contribution in [1.82, 2.24) is 0 Å². The molecule has 4 nitrogen and oxygen atoms in total. The van der Waals surface area contributed by atoms with Crippen LogP contribution in [0, 0.1) is 30.6 Å². The first kappa shape index (κ1) is 20.6. The van der Waals surface area contributed by atoms with Gasteiger partial charge in [-0.1, -0.05) is 32.9 Å². The molecule has 1 heterocycles. The Labute approximate surface area is 168 Å². The summed E-state index contributed by atoms with van der Waals surface area (Å²) < 4.78 is 6.25. The number of Topliss-reactive ketones (excluding diaryl/α,β-unsaturated/α-hetero) is 2. The van der Waals surface area contributed by atoms with Gasteiger partial charge in [0.1, 0.15) is 11.9 Å². The van der Waals surface area contributed by atoms with Crippen molar-refractivity contribution in [3.63, 3.8) is 0 Å². The average molecular weight is 385 g/mol. The monoisotopic (exact) mass is 384 g/mol. The fourth-order valence-electron chi connectivity index (χ4n) is 5.07. The van der Waals surface area contributed by atoms with Gasteiger partial charge in [-0.05, 0) is 61.6 Å². The molecule has 1 saturated carbocycles. The third kappa shape index (κ3) is 3.87. The van der Waals surface area contributed by atoms with Gasteiger partial charge in [0.25, 0.3) is 0 Å². The molecule has 1 aromatic rings. The molecule has 1 fully saturated rings. The maximum absolute atomic E-state index is 13.0. The first-order valence-electron chi connectivity index (χ1n) is 10.4. The summed E-state index contributed by atoms with van der Waals surface area (Å²) in [4.78, 5) is 25.8. The van der Waals surface area contributed by atoms with Crippen LogP contribution in [0.2, 0.25) is 0 Å². The van der Waals surface area contributed by atoms with Crippen LogP contribution in [-0.4, -0.2) is 22.8 Å². The Morgan fingerprint density at radius 1 is 1.18 bits per heavy atom. The van der Waals surface area contributed by atoms with Crippen molar-refractivity contribution >= 4 is 11.6 Å². The highest BCUT2D eigenvalue weighted by atomic mass is 16.5. The zero-order valence-electron chi connectivity index (χ0n) is 17.6. The highest BCUT2D eigenvalue weighted by molar-refractivity contribution is 6.00. The normalized spacial score (nSPS) is 26.9. The van der Waals surface area contributed by atoms with Crippen LogP contribution >= 0.6 is 0 Å². The van der Waals surface area contributed by atoms with E-state index in [1.807, 2.05) is 33.8 Å². The second kappa shape index (κ2) is 8.10. The van der Waals surface area contributed by atoms with Gasteiger partial charge < -0.3 is 9.84 Å². The number of ketones is 2. The fraction of sp³-hybridized carbons (Fsp3) is 0.583. The third-order valence-corrected chi connectivity index (χ3v) is 6.43. The summed E-state index contributed by atoms with van der Waals surface area (Å²) in [5.74, 6) is 1.68. The van der Waals surface area contributed by atoms with Gasteiger partial charge in [0, 0.05) is 18.8 Å². The van der Waals surface area contributed by atoms with Gasteiger partial charge in [-0.25, -0.2) is 0 Å². The number of fused-ring (bicyclic) bond motifs is 1. The van der Waals surface area contributed by atoms with E-state index in [9.17, 15) is 14.7 Å². The minimum atomic E-state index is -0.316. The molecule has 0 radical (unpaired) electrons. The van der Waals surface area contributed by atoms with Gasteiger partial charge >= 0.3 is 0 Å². The summed E-state index contributed by atoms with van der Waals surface area (Å²) in [6.07, 6.45) is 2.46. The summed E-state index contributed by atoms with van der Waals surface area (Å²) in [5.41, 5.74) is 2.19. The minimum Gasteiger partial charge on any atom is -0.507 e. The van der Waals surface area contributed by atoms with Crippen LogP contribution in [0.25, 0.3) is 0 Å². The van der Waals surface area contributed by atoms with Crippen LogP contribution in [0.15, 0.2) is 29.5 Å². The average Bonchev–Trinajstić information content (AvgIpc) is 2.99. The maximum Gasteiger partial charge on any atom is 0.197 e. The molecule has 0 amide bonds. The van der Waals surface area contributed by atoms with Crippen molar-refractivity contribution in [3.05, 3.63) is 40.7 Å². The number of carbonyl (C=O) groups is 2. The molecular formula is C24H32O4. The lowest BCUT2D eigenvalue weighted by atomic mass is 9.76. The number of hydrogen-bond donors (Lipinski definition) is 1. The molecule has 1 N–H and O–H groups in total. The van der Waals surface area contributed by atoms with Gasteiger partial charge in [-0.15, -0.1) is 0 Å². The molecule has 1 aliphatic heterocycles. The molecule has 1 aliphatic carbocycles. The Bertz CT molecular complexity index is 785. The fourth-order valence-corrected chi connectivity index (χ4v) is 5.07. The molecule has 0 saturated heterocycles. The lowest BCUT2D eigenvalue weighted by Crippen LogP contribution is -2.38. The number of carbonyl (C=O) groups excluding carboxylic acids is 2. The second-order valence-corrected chi connectivity index (χ2v) is 9.02. The first-order chi connectivity index (χ1) is 13.2. The molecule has 3 rings (SSSR count). The van der Waals surface area contributed by atoms with Gasteiger partial charge in [0.15, 0.2) is 17.3 Å². The standard InChI is InChI=1S/C24H32O4/c1-13(2)11-20(27)24-16(5)17-10-9-15(4)22(17)21(28-24)12-19(26)23-14(3)7-6-8-18(23)25/h6-8,13,15,17,21-22,25H,9-12H2,1-5H3. The minimum absolute atomic E-state index is 0.0136. The van der Waals surface area contributed by atoms with Crippen LogP contribution in [-0.2, 0) is 9.53 Å². The number of ether oxygens (including phenoxy) is 1. The molecule has 28 heavy (non-hydrogen) atoms. The number of hydrogen-bond acceptors (Lipinski definition) is 4. The quantitative estimate of drug-likeness (QED) is 0.683. The number of aryl methyl sites for hydroxylation is 1. The summed E-state index contributed by atoms with van der Waals surface area (Å²) in [6, 6.07) is 5.12.